The molecule has 3 aromatic rings. The first kappa shape index (κ1) is 16.4. The molecular weight excluding hydrogens is 322 g/mol. The molecule has 0 amide bonds. The molecule has 0 aliphatic carbocycles. The topological polar surface area (TPSA) is 85.6 Å². The van der Waals surface area contributed by atoms with Crippen molar-refractivity contribution in [3.63, 3.8) is 0 Å². The van der Waals surface area contributed by atoms with E-state index in [1.807, 2.05) is 0 Å². The lowest BCUT2D eigenvalue weighted by atomic mass is 10.0. The number of benzene rings is 2. The standard InChI is InChI=1S/C19H15NO5/c1-11(21)20-15-10-13(19(24)25-2)8-9-14(15)16(18(20)23)17(22)12-6-4-3-5-7-12/h3-10,23H,1-2H3. The van der Waals surface area contributed by atoms with E-state index in [0.717, 1.165) is 4.57 Å². The molecule has 6 heteroatoms. The van der Waals surface area contributed by atoms with E-state index in [1.165, 1.54) is 32.2 Å². The highest BCUT2D eigenvalue weighted by Gasteiger charge is 2.25. The van der Waals surface area contributed by atoms with Crippen LogP contribution in [0.2, 0.25) is 0 Å². The van der Waals surface area contributed by atoms with Gasteiger partial charge in [-0.1, -0.05) is 36.4 Å². The number of aromatic hydroxyl groups is 1. The Morgan fingerprint density at radius 3 is 2.28 bits per heavy atom. The SMILES string of the molecule is COC(=O)c1ccc2c(C(=O)c3ccccc3)c(O)n(C(C)=O)c2c1. The Morgan fingerprint density at radius 1 is 1.00 bits per heavy atom. The van der Waals surface area contributed by atoms with Crippen LogP contribution in [0.25, 0.3) is 10.9 Å². The summed E-state index contributed by atoms with van der Waals surface area (Å²) >= 11 is 0. The van der Waals surface area contributed by atoms with Crippen LogP contribution in [0.3, 0.4) is 0 Å². The highest BCUT2D eigenvalue weighted by molar-refractivity contribution is 6.20. The molecule has 1 N–H and O–H groups in total. The second kappa shape index (κ2) is 6.24. The van der Waals surface area contributed by atoms with Crippen LogP contribution in [0.4, 0.5) is 0 Å². The average molecular weight is 337 g/mol. The fourth-order valence-corrected chi connectivity index (χ4v) is 2.80. The number of ether oxygens (including phenoxy) is 1. The van der Waals surface area contributed by atoms with Crippen LogP contribution in [-0.4, -0.2) is 34.4 Å². The second-order valence-electron chi connectivity index (χ2n) is 5.47. The van der Waals surface area contributed by atoms with Gasteiger partial charge in [-0.15, -0.1) is 0 Å². The van der Waals surface area contributed by atoms with Crippen molar-refractivity contribution in [2.24, 2.45) is 0 Å². The van der Waals surface area contributed by atoms with Gasteiger partial charge in [0.15, 0.2) is 5.78 Å². The molecule has 1 heterocycles. The van der Waals surface area contributed by atoms with E-state index in [2.05, 4.69) is 4.74 Å². The van der Waals surface area contributed by atoms with E-state index in [1.54, 1.807) is 30.3 Å². The third kappa shape index (κ3) is 2.67. The molecule has 2 aromatic carbocycles. The van der Waals surface area contributed by atoms with Crippen LogP contribution >= 0.6 is 0 Å². The van der Waals surface area contributed by atoms with E-state index in [0.29, 0.717) is 10.9 Å². The molecule has 0 aliphatic heterocycles. The van der Waals surface area contributed by atoms with Gasteiger partial charge in [0.2, 0.25) is 11.8 Å². The van der Waals surface area contributed by atoms with Crippen molar-refractivity contribution in [1.29, 1.82) is 0 Å². The fraction of sp³-hybridized carbons (Fsp3) is 0.105. The van der Waals surface area contributed by atoms with Gasteiger partial charge in [0.1, 0.15) is 0 Å². The maximum atomic E-state index is 12.8. The predicted octanol–water partition coefficient (Wildman–Crippen LogP) is 3.02. The fourth-order valence-electron chi connectivity index (χ4n) is 2.80. The first-order chi connectivity index (χ1) is 12.0. The molecule has 0 atom stereocenters. The zero-order chi connectivity index (χ0) is 18.1. The summed E-state index contributed by atoms with van der Waals surface area (Å²) in [6.45, 7) is 1.26. The first-order valence-electron chi connectivity index (χ1n) is 7.52. The largest absolute Gasteiger partial charge is 0.494 e. The minimum absolute atomic E-state index is 0.0211. The number of hydrogen-bond donors (Lipinski definition) is 1. The lowest BCUT2D eigenvalue weighted by Crippen LogP contribution is -2.06. The summed E-state index contributed by atoms with van der Waals surface area (Å²) in [6.07, 6.45) is 0. The van der Waals surface area contributed by atoms with E-state index in [9.17, 15) is 19.5 Å². The van der Waals surface area contributed by atoms with Crippen LogP contribution in [-0.2, 0) is 4.74 Å². The number of rotatable bonds is 3. The number of methoxy groups -OCH3 is 1. The smallest absolute Gasteiger partial charge is 0.337 e. The van der Waals surface area contributed by atoms with E-state index in [-0.39, 0.29) is 16.6 Å². The van der Waals surface area contributed by atoms with Crippen molar-refractivity contribution >= 4 is 28.6 Å². The average Bonchev–Trinajstić information content (AvgIpc) is 2.92. The maximum Gasteiger partial charge on any atom is 0.337 e. The number of carbonyl (C=O) groups is 3. The Balaban J connectivity index is 2.30. The molecule has 0 saturated carbocycles. The lowest BCUT2D eigenvalue weighted by molar-refractivity contribution is 0.0600. The third-order valence-corrected chi connectivity index (χ3v) is 3.94. The summed E-state index contributed by atoms with van der Waals surface area (Å²) in [4.78, 5) is 36.5. The van der Waals surface area contributed by atoms with Gasteiger partial charge >= 0.3 is 5.97 Å². The van der Waals surface area contributed by atoms with Crippen LogP contribution in [0, 0.1) is 0 Å². The minimum Gasteiger partial charge on any atom is -0.494 e. The molecule has 0 saturated heterocycles. The molecule has 25 heavy (non-hydrogen) atoms. The van der Waals surface area contributed by atoms with Crippen molar-refractivity contribution < 1.29 is 24.2 Å². The Labute approximate surface area is 143 Å². The highest BCUT2D eigenvalue weighted by Crippen LogP contribution is 2.33. The molecular formula is C19H15NO5. The van der Waals surface area contributed by atoms with Crippen molar-refractivity contribution in [2.45, 2.75) is 6.92 Å². The van der Waals surface area contributed by atoms with Crippen LogP contribution in [0.1, 0.15) is 38.0 Å². The first-order valence-corrected chi connectivity index (χ1v) is 7.52. The molecule has 0 fully saturated rings. The third-order valence-electron chi connectivity index (χ3n) is 3.94. The summed E-state index contributed by atoms with van der Waals surface area (Å²) in [6, 6.07) is 12.9. The van der Waals surface area contributed by atoms with Gasteiger partial charge in [0.05, 0.1) is 23.8 Å². The van der Waals surface area contributed by atoms with E-state index in [4.69, 9.17) is 0 Å². The molecule has 0 unspecified atom stereocenters. The number of nitrogens with zero attached hydrogens (tertiary/aromatic N) is 1. The maximum absolute atomic E-state index is 12.8. The number of aromatic nitrogens is 1. The van der Waals surface area contributed by atoms with Gasteiger partial charge in [-0.05, 0) is 12.1 Å². The van der Waals surface area contributed by atoms with Crippen molar-refractivity contribution in [3.8, 4) is 5.88 Å². The molecule has 0 spiro atoms. The monoisotopic (exact) mass is 337 g/mol. The van der Waals surface area contributed by atoms with Crippen molar-refractivity contribution in [1.82, 2.24) is 4.57 Å². The Hall–Kier alpha value is -3.41. The Kier molecular flexibility index (Phi) is 4.10. The number of hydrogen-bond acceptors (Lipinski definition) is 5. The second-order valence-corrected chi connectivity index (χ2v) is 5.47. The van der Waals surface area contributed by atoms with Gasteiger partial charge in [-0.3, -0.25) is 14.2 Å². The summed E-state index contributed by atoms with van der Waals surface area (Å²) < 4.78 is 5.69. The van der Waals surface area contributed by atoms with Gasteiger partial charge in [0.25, 0.3) is 0 Å². The molecule has 0 aliphatic rings. The number of ketones is 1. The van der Waals surface area contributed by atoms with E-state index >= 15 is 0 Å². The van der Waals surface area contributed by atoms with E-state index < -0.39 is 23.5 Å². The molecule has 1 aromatic heterocycles. The summed E-state index contributed by atoms with van der Waals surface area (Å²) in [5.41, 5.74) is 0.895. The quantitative estimate of drug-likeness (QED) is 0.586. The zero-order valence-corrected chi connectivity index (χ0v) is 13.6. The van der Waals surface area contributed by atoms with Gasteiger partial charge in [-0.2, -0.15) is 0 Å². The normalized spacial score (nSPS) is 10.6. The summed E-state index contributed by atoms with van der Waals surface area (Å²) in [5, 5.41) is 10.9. The molecule has 6 nitrogen and oxygen atoms in total. The summed E-state index contributed by atoms with van der Waals surface area (Å²) in [7, 11) is 1.25. The Morgan fingerprint density at radius 2 is 1.68 bits per heavy atom. The van der Waals surface area contributed by atoms with Crippen LogP contribution in [0.15, 0.2) is 48.5 Å². The predicted molar refractivity (Wildman–Crippen MR) is 91.1 cm³/mol. The van der Waals surface area contributed by atoms with Gasteiger partial charge in [-0.25, -0.2) is 4.79 Å². The van der Waals surface area contributed by atoms with Gasteiger partial charge in [0, 0.05) is 17.9 Å². The summed E-state index contributed by atoms with van der Waals surface area (Å²) in [5.74, 6) is -1.91. The van der Waals surface area contributed by atoms with Crippen molar-refractivity contribution in [2.75, 3.05) is 7.11 Å². The number of esters is 1. The van der Waals surface area contributed by atoms with Crippen LogP contribution in [0.5, 0.6) is 5.88 Å². The molecule has 0 bridgehead atoms. The van der Waals surface area contributed by atoms with Crippen molar-refractivity contribution in [3.05, 3.63) is 65.2 Å². The molecule has 0 radical (unpaired) electrons. The molecule has 3 rings (SSSR count). The highest BCUT2D eigenvalue weighted by atomic mass is 16.5. The molecule has 126 valence electrons. The number of fused-ring (bicyclic) bond motifs is 1. The zero-order valence-electron chi connectivity index (χ0n) is 13.6. The Bertz CT molecular complexity index is 1000. The lowest BCUT2D eigenvalue weighted by Gasteiger charge is -2.03. The number of carbonyl (C=O) groups excluding carboxylic acids is 3. The van der Waals surface area contributed by atoms with Gasteiger partial charge < -0.3 is 9.84 Å². The minimum atomic E-state index is -0.575. The van der Waals surface area contributed by atoms with Crippen LogP contribution < -0.4 is 0 Å².